The van der Waals surface area contributed by atoms with E-state index in [1.54, 1.807) is 7.11 Å². The first-order valence-electron chi connectivity index (χ1n) is 6.69. The highest BCUT2D eigenvalue weighted by atomic mass is 16.5. The third-order valence-corrected chi connectivity index (χ3v) is 3.76. The zero-order valence-corrected chi connectivity index (χ0v) is 11.5. The fourth-order valence-electron chi connectivity index (χ4n) is 2.36. The summed E-state index contributed by atoms with van der Waals surface area (Å²) in [6.45, 7) is 2.90. The van der Waals surface area contributed by atoms with Crippen molar-refractivity contribution in [2.24, 2.45) is 5.92 Å². The largest absolute Gasteiger partial charge is 0.497 e. The molecule has 1 aromatic carbocycles. The lowest BCUT2D eigenvalue weighted by atomic mass is 10.1. The summed E-state index contributed by atoms with van der Waals surface area (Å²) in [5.41, 5.74) is 1.12. The van der Waals surface area contributed by atoms with Gasteiger partial charge in [-0.2, -0.15) is 0 Å². The second kappa shape index (κ2) is 6.06. The van der Waals surface area contributed by atoms with E-state index in [1.165, 1.54) is 12.8 Å². The highest BCUT2D eigenvalue weighted by Gasteiger charge is 2.32. The number of carboxylic acid groups (broad SMARTS) is 1. The predicted octanol–water partition coefficient (Wildman–Crippen LogP) is 2.38. The number of carbonyl (C=O) groups is 1. The molecule has 1 saturated carbocycles. The predicted molar refractivity (Wildman–Crippen MR) is 73.2 cm³/mol. The molecule has 1 fully saturated rings. The average molecular weight is 263 g/mol. The van der Waals surface area contributed by atoms with Crippen LogP contribution in [0.15, 0.2) is 24.3 Å². The van der Waals surface area contributed by atoms with Crippen LogP contribution >= 0.6 is 0 Å². The van der Waals surface area contributed by atoms with Crippen molar-refractivity contribution >= 4 is 5.97 Å². The molecule has 0 bridgehead atoms. The van der Waals surface area contributed by atoms with Crippen LogP contribution in [0.5, 0.6) is 5.75 Å². The maximum absolute atomic E-state index is 11.0. The Balaban J connectivity index is 2.02. The van der Waals surface area contributed by atoms with Crippen LogP contribution in [-0.2, 0) is 11.3 Å². The molecule has 0 heterocycles. The van der Waals surface area contributed by atoms with E-state index in [4.69, 9.17) is 9.84 Å². The molecule has 0 spiro atoms. The Bertz CT molecular complexity index is 426. The Morgan fingerprint density at radius 2 is 2.05 bits per heavy atom. The highest BCUT2D eigenvalue weighted by Crippen LogP contribution is 2.35. The maximum atomic E-state index is 11.0. The summed E-state index contributed by atoms with van der Waals surface area (Å²) in [6, 6.07) is 8.14. The van der Waals surface area contributed by atoms with Gasteiger partial charge in [-0.1, -0.05) is 12.1 Å². The minimum absolute atomic E-state index is 0.101. The number of hydrogen-bond donors (Lipinski definition) is 1. The van der Waals surface area contributed by atoms with Gasteiger partial charge in [-0.3, -0.25) is 9.69 Å². The third kappa shape index (κ3) is 3.96. The summed E-state index contributed by atoms with van der Waals surface area (Å²) in [5, 5.41) is 9.03. The molecule has 1 atom stereocenters. The number of carboxylic acids is 1. The van der Waals surface area contributed by atoms with E-state index < -0.39 is 5.97 Å². The second-order valence-electron chi connectivity index (χ2n) is 5.22. The van der Waals surface area contributed by atoms with Crippen molar-refractivity contribution in [3.63, 3.8) is 0 Å². The third-order valence-electron chi connectivity index (χ3n) is 3.76. The molecule has 4 nitrogen and oxygen atoms in total. The van der Waals surface area contributed by atoms with Crippen LogP contribution in [0.2, 0.25) is 0 Å². The molecule has 4 heteroatoms. The van der Waals surface area contributed by atoms with E-state index in [2.05, 4.69) is 6.92 Å². The van der Waals surface area contributed by atoms with Crippen LogP contribution in [0.1, 0.15) is 25.3 Å². The number of nitrogens with zero attached hydrogens (tertiary/aromatic N) is 1. The van der Waals surface area contributed by atoms with E-state index in [0.29, 0.717) is 18.5 Å². The van der Waals surface area contributed by atoms with Gasteiger partial charge in [0.2, 0.25) is 0 Å². The van der Waals surface area contributed by atoms with Crippen molar-refractivity contribution < 1.29 is 14.6 Å². The Morgan fingerprint density at radius 1 is 1.42 bits per heavy atom. The normalized spacial score (nSPS) is 16.4. The van der Waals surface area contributed by atoms with Crippen LogP contribution in [0, 0.1) is 5.92 Å². The first-order chi connectivity index (χ1) is 9.10. The average Bonchev–Trinajstić information content (AvgIpc) is 3.22. The molecule has 1 aromatic rings. The zero-order valence-electron chi connectivity index (χ0n) is 11.5. The highest BCUT2D eigenvalue weighted by molar-refractivity contribution is 5.69. The van der Waals surface area contributed by atoms with E-state index in [0.717, 1.165) is 11.3 Å². The molecular weight excluding hydrogens is 242 g/mol. The van der Waals surface area contributed by atoms with Crippen LogP contribution in [0.25, 0.3) is 0 Å². The first-order valence-corrected chi connectivity index (χ1v) is 6.69. The minimum Gasteiger partial charge on any atom is -0.497 e. The molecule has 1 aliphatic rings. The Hall–Kier alpha value is -1.55. The molecule has 104 valence electrons. The summed E-state index contributed by atoms with van der Waals surface area (Å²) in [4.78, 5) is 13.0. The van der Waals surface area contributed by atoms with E-state index in [1.807, 2.05) is 29.2 Å². The van der Waals surface area contributed by atoms with Crippen molar-refractivity contribution in [2.75, 3.05) is 13.7 Å². The molecule has 0 unspecified atom stereocenters. The SMILES string of the molecule is COc1ccc(CN(CC(=O)O)[C@@H](C)C2CC2)cc1. The lowest BCUT2D eigenvalue weighted by Gasteiger charge is -2.27. The molecule has 1 aliphatic carbocycles. The van der Waals surface area contributed by atoms with Gasteiger partial charge in [-0.05, 0) is 43.4 Å². The van der Waals surface area contributed by atoms with Crippen LogP contribution in [-0.4, -0.2) is 35.7 Å². The van der Waals surface area contributed by atoms with Gasteiger partial charge in [0, 0.05) is 12.6 Å². The van der Waals surface area contributed by atoms with Crippen molar-refractivity contribution in [2.45, 2.75) is 32.4 Å². The van der Waals surface area contributed by atoms with Gasteiger partial charge in [0.05, 0.1) is 13.7 Å². The van der Waals surface area contributed by atoms with Crippen LogP contribution in [0.4, 0.5) is 0 Å². The summed E-state index contributed by atoms with van der Waals surface area (Å²) in [5.74, 6) is 0.724. The molecule has 19 heavy (non-hydrogen) atoms. The number of aliphatic carboxylic acids is 1. The lowest BCUT2D eigenvalue weighted by Crippen LogP contribution is -2.38. The number of rotatable bonds is 7. The molecule has 2 rings (SSSR count). The fraction of sp³-hybridized carbons (Fsp3) is 0.533. The number of benzene rings is 1. The van der Waals surface area contributed by atoms with Gasteiger partial charge in [-0.25, -0.2) is 0 Å². The molecular formula is C15H21NO3. The Morgan fingerprint density at radius 3 is 2.53 bits per heavy atom. The molecule has 0 radical (unpaired) electrons. The molecule has 0 amide bonds. The van der Waals surface area contributed by atoms with Crippen molar-refractivity contribution in [1.82, 2.24) is 4.90 Å². The van der Waals surface area contributed by atoms with Crippen molar-refractivity contribution in [3.05, 3.63) is 29.8 Å². The summed E-state index contributed by atoms with van der Waals surface area (Å²) in [7, 11) is 1.64. The van der Waals surface area contributed by atoms with Crippen molar-refractivity contribution in [1.29, 1.82) is 0 Å². The van der Waals surface area contributed by atoms with E-state index >= 15 is 0 Å². The summed E-state index contributed by atoms with van der Waals surface area (Å²) in [6.07, 6.45) is 2.44. The summed E-state index contributed by atoms with van der Waals surface area (Å²) < 4.78 is 5.13. The van der Waals surface area contributed by atoms with Gasteiger partial charge < -0.3 is 9.84 Å². The van der Waals surface area contributed by atoms with Crippen molar-refractivity contribution in [3.8, 4) is 5.75 Å². The van der Waals surface area contributed by atoms with Gasteiger partial charge >= 0.3 is 5.97 Å². The Kier molecular flexibility index (Phi) is 4.43. The molecule has 1 N–H and O–H groups in total. The fourth-order valence-corrected chi connectivity index (χ4v) is 2.36. The minimum atomic E-state index is -0.763. The quantitative estimate of drug-likeness (QED) is 0.820. The number of ether oxygens (including phenoxy) is 1. The van der Waals surface area contributed by atoms with Gasteiger partial charge in [0.1, 0.15) is 5.75 Å². The van der Waals surface area contributed by atoms with Crippen LogP contribution < -0.4 is 4.74 Å². The molecule has 0 aromatic heterocycles. The monoisotopic (exact) mass is 263 g/mol. The molecule has 0 aliphatic heterocycles. The zero-order chi connectivity index (χ0) is 13.8. The molecule has 0 saturated heterocycles. The van der Waals surface area contributed by atoms with Gasteiger partial charge in [0.25, 0.3) is 0 Å². The topological polar surface area (TPSA) is 49.8 Å². The second-order valence-corrected chi connectivity index (χ2v) is 5.22. The lowest BCUT2D eigenvalue weighted by molar-refractivity contribution is -0.139. The van der Waals surface area contributed by atoms with Gasteiger partial charge in [0.15, 0.2) is 0 Å². The van der Waals surface area contributed by atoms with E-state index in [-0.39, 0.29) is 6.54 Å². The summed E-state index contributed by atoms with van der Waals surface area (Å²) >= 11 is 0. The van der Waals surface area contributed by atoms with E-state index in [9.17, 15) is 4.79 Å². The maximum Gasteiger partial charge on any atom is 0.317 e. The van der Waals surface area contributed by atoms with Crippen LogP contribution in [0.3, 0.4) is 0 Å². The van der Waals surface area contributed by atoms with Gasteiger partial charge in [-0.15, -0.1) is 0 Å². The number of methoxy groups -OCH3 is 1. The Labute approximate surface area is 114 Å². The standard InChI is InChI=1S/C15H21NO3/c1-11(13-5-6-13)16(10-15(17)18)9-12-3-7-14(19-2)8-4-12/h3-4,7-8,11,13H,5-6,9-10H2,1-2H3,(H,17,18)/t11-/m0/s1. The first kappa shape index (κ1) is 13.9. The smallest absolute Gasteiger partial charge is 0.317 e. The number of hydrogen-bond acceptors (Lipinski definition) is 3.